The molecule has 1 fully saturated rings. The number of aliphatic hydroxyl groups is 1. The molecule has 1 heterocycles. The van der Waals surface area contributed by atoms with E-state index in [1.165, 1.54) is 25.5 Å². The van der Waals surface area contributed by atoms with Crippen LogP contribution in [0.25, 0.3) is 0 Å². The Morgan fingerprint density at radius 1 is 1.33 bits per heavy atom. The van der Waals surface area contributed by atoms with Gasteiger partial charge >= 0.3 is 5.97 Å². The largest absolute Gasteiger partial charge is 0.467 e. The molecular weight excluding hydrogens is 230 g/mol. The van der Waals surface area contributed by atoms with Crippen molar-refractivity contribution in [1.29, 1.82) is 0 Å². The number of ether oxygens (including phenoxy) is 1. The summed E-state index contributed by atoms with van der Waals surface area (Å²) < 4.78 is 4.51. The first-order valence-corrected chi connectivity index (χ1v) is 6.28. The van der Waals surface area contributed by atoms with Crippen molar-refractivity contribution in [2.75, 3.05) is 20.2 Å². The zero-order valence-corrected chi connectivity index (χ0v) is 10.6. The lowest BCUT2D eigenvalue weighted by Crippen LogP contribution is -2.18. The standard InChI is InChI=1S/C14H19NO3/c1-18-14(17)13(16)12-6-4-11(5-7-12)10-15-8-2-3-9-15/h4-7,13,16H,2-3,8-10H2,1H3. The number of methoxy groups -OCH3 is 1. The number of hydrogen-bond donors (Lipinski definition) is 1. The Hall–Kier alpha value is -1.39. The van der Waals surface area contributed by atoms with Gasteiger partial charge in [0.05, 0.1) is 7.11 Å². The Bertz CT molecular complexity index is 396. The van der Waals surface area contributed by atoms with Crippen LogP contribution in [-0.2, 0) is 16.1 Å². The molecule has 4 heteroatoms. The van der Waals surface area contributed by atoms with Crippen molar-refractivity contribution in [3.8, 4) is 0 Å². The Morgan fingerprint density at radius 3 is 2.50 bits per heavy atom. The highest BCUT2D eigenvalue weighted by Crippen LogP contribution is 2.17. The second kappa shape index (κ2) is 5.98. The lowest BCUT2D eigenvalue weighted by molar-refractivity contribution is -0.150. The lowest BCUT2D eigenvalue weighted by atomic mass is 10.1. The minimum absolute atomic E-state index is 0.576. The van der Waals surface area contributed by atoms with Crippen LogP contribution in [0.15, 0.2) is 24.3 Å². The summed E-state index contributed by atoms with van der Waals surface area (Å²) in [5.74, 6) is -0.623. The molecule has 1 aliphatic rings. The average molecular weight is 249 g/mol. The Labute approximate surface area is 107 Å². The van der Waals surface area contributed by atoms with Gasteiger partial charge in [0.1, 0.15) is 0 Å². The van der Waals surface area contributed by atoms with Gasteiger partial charge in [-0.25, -0.2) is 4.79 Å². The summed E-state index contributed by atoms with van der Waals surface area (Å²) in [7, 11) is 1.27. The van der Waals surface area contributed by atoms with Gasteiger partial charge in [0.2, 0.25) is 0 Å². The molecule has 1 unspecified atom stereocenters. The lowest BCUT2D eigenvalue weighted by Gasteiger charge is -2.15. The highest BCUT2D eigenvalue weighted by atomic mass is 16.5. The number of esters is 1. The fourth-order valence-corrected chi connectivity index (χ4v) is 2.25. The minimum Gasteiger partial charge on any atom is -0.467 e. The van der Waals surface area contributed by atoms with Crippen molar-refractivity contribution >= 4 is 5.97 Å². The third-order valence-electron chi connectivity index (χ3n) is 3.32. The van der Waals surface area contributed by atoms with E-state index < -0.39 is 12.1 Å². The second-order valence-electron chi connectivity index (χ2n) is 4.65. The normalized spacial score (nSPS) is 17.7. The predicted molar refractivity (Wildman–Crippen MR) is 67.9 cm³/mol. The van der Waals surface area contributed by atoms with Crippen LogP contribution in [0.5, 0.6) is 0 Å². The van der Waals surface area contributed by atoms with Crippen LogP contribution in [0.1, 0.15) is 30.1 Å². The number of aliphatic hydroxyl groups excluding tert-OH is 1. The summed E-state index contributed by atoms with van der Waals surface area (Å²) in [6.45, 7) is 3.26. The van der Waals surface area contributed by atoms with Crippen LogP contribution in [0, 0.1) is 0 Å². The van der Waals surface area contributed by atoms with Gasteiger partial charge in [-0.2, -0.15) is 0 Å². The quantitative estimate of drug-likeness (QED) is 0.821. The van der Waals surface area contributed by atoms with Crippen LogP contribution in [0.3, 0.4) is 0 Å². The molecule has 0 saturated carbocycles. The summed E-state index contributed by atoms with van der Waals surface area (Å²) >= 11 is 0. The SMILES string of the molecule is COC(=O)C(O)c1ccc(CN2CCCC2)cc1. The Kier molecular flexibility index (Phi) is 4.33. The van der Waals surface area contributed by atoms with Crippen LogP contribution in [-0.4, -0.2) is 36.2 Å². The molecule has 0 amide bonds. The fraction of sp³-hybridized carbons (Fsp3) is 0.500. The number of rotatable bonds is 4. The molecule has 0 radical (unpaired) electrons. The topological polar surface area (TPSA) is 49.8 Å². The molecular formula is C14H19NO3. The monoisotopic (exact) mass is 249 g/mol. The van der Waals surface area contributed by atoms with Crippen molar-refractivity contribution in [3.05, 3.63) is 35.4 Å². The molecule has 0 spiro atoms. The Morgan fingerprint density at radius 2 is 1.94 bits per heavy atom. The first-order chi connectivity index (χ1) is 8.70. The zero-order valence-electron chi connectivity index (χ0n) is 10.6. The van der Waals surface area contributed by atoms with Gasteiger partial charge in [0.15, 0.2) is 6.10 Å². The first-order valence-electron chi connectivity index (χ1n) is 6.28. The number of carbonyl (C=O) groups is 1. The molecule has 2 rings (SSSR count). The Balaban J connectivity index is 1.98. The van der Waals surface area contributed by atoms with Crippen LogP contribution >= 0.6 is 0 Å². The van der Waals surface area contributed by atoms with E-state index >= 15 is 0 Å². The van der Waals surface area contributed by atoms with Gasteiger partial charge in [0.25, 0.3) is 0 Å². The number of likely N-dealkylation sites (tertiary alicyclic amines) is 1. The van der Waals surface area contributed by atoms with Crippen molar-refractivity contribution in [2.24, 2.45) is 0 Å². The van der Waals surface area contributed by atoms with E-state index in [-0.39, 0.29) is 0 Å². The van der Waals surface area contributed by atoms with Gasteiger partial charge in [-0.1, -0.05) is 24.3 Å². The molecule has 0 bridgehead atoms. The number of carbonyl (C=O) groups excluding carboxylic acids is 1. The van der Waals surface area contributed by atoms with E-state index in [2.05, 4.69) is 9.64 Å². The fourth-order valence-electron chi connectivity index (χ4n) is 2.25. The van der Waals surface area contributed by atoms with Crippen LogP contribution < -0.4 is 0 Å². The highest BCUT2D eigenvalue weighted by Gasteiger charge is 2.18. The molecule has 1 aromatic rings. The van der Waals surface area contributed by atoms with Crippen LogP contribution in [0.4, 0.5) is 0 Å². The maximum absolute atomic E-state index is 11.2. The van der Waals surface area contributed by atoms with E-state index in [1.54, 1.807) is 12.1 Å². The van der Waals surface area contributed by atoms with Crippen LogP contribution in [0.2, 0.25) is 0 Å². The van der Waals surface area contributed by atoms with E-state index in [0.29, 0.717) is 5.56 Å². The molecule has 18 heavy (non-hydrogen) atoms. The molecule has 1 aromatic carbocycles. The zero-order chi connectivity index (χ0) is 13.0. The molecule has 1 aliphatic heterocycles. The van der Waals surface area contributed by atoms with Crippen molar-refractivity contribution < 1.29 is 14.6 Å². The van der Waals surface area contributed by atoms with Gasteiger partial charge in [0, 0.05) is 6.54 Å². The van der Waals surface area contributed by atoms with Gasteiger partial charge in [-0.05, 0) is 37.1 Å². The summed E-state index contributed by atoms with van der Waals surface area (Å²) in [6, 6.07) is 7.49. The molecule has 1 saturated heterocycles. The number of benzene rings is 1. The average Bonchev–Trinajstić information content (AvgIpc) is 2.91. The number of hydrogen-bond acceptors (Lipinski definition) is 4. The summed E-state index contributed by atoms with van der Waals surface area (Å²) in [5, 5.41) is 9.68. The van der Waals surface area contributed by atoms with Gasteiger partial charge in [-0.15, -0.1) is 0 Å². The molecule has 1 atom stereocenters. The third kappa shape index (κ3) is 3.09. The van der Waals surface area contributed by atoms with Crippen molar-refractivity contribution in [3.63, 3.8) is 0 Å². The van der Waals surface area contributed by atoms with E-state index in [9.17, 15) is 9.90 Å². The summed E-state index contributed by atoms with van der Waals surface area (Å²) in [4.78, 5) is 13.6. The summed E-state index contributed by atoms with van der Waals surface area (Å²) in [6.07, 6.45) is 1.37. The first kappa shape index (κ1) is 13.1. The molecule has 4 nitrogen and oxygen atoms in total. The van der Waals surface area contributed by atoms with E-state index in [4.69, 9.17) is 0 Å². The van der Waals surface area contributed by atoms with Crippen molar-refractivity contribution in [1.82, 2.24) is 4.90 Å². The van der Waals surface area contributed by atoms with Crippen molar-refractivity contribution in [2.45, 2.75) is 25.5 Å². The van der Waals surface area contributed by atoms with E-state index in [1.807, 2.05) is 12.1 Å². The molecule has 1 N–H and O–H groups in total. The summed E-state index contributed by atoms with van der Waals surface area (Å²) in [5.41, 5.74) is 1.78. The molecule has 0 aromatic heterocycles. The highest BCUT2D eigenvalue weighted by molar-refractivity contribution is 5.76. The number of nitrogens with zero attached hydrogens (tertiary/aromatic N) is 1. The van der Waals surface area contributed by atoms with Gasteiger partial charge < -0.3 is 9.84 Å². The predicted octanol–water partition coefficient (Wildman–Crippen LogP) is 1.49. The molecule has 0 aliphatic carbocycles. The second-order valence-corrected chi connectivity index (χ2v) is 4.65. The van der Waals surface area contributed by atoms with E-state index in [0.717, 1.165) is 19.6 Å². The molecule has 98 valence electrons. The smallest absolute Gasteiger partial charge is 0.339 e. The minimum atomic E-state index is -1.18. The third-order valence-corrected chi connectivity index (χ3v) is 3.32. The maximum Gasteiger partial charge on any atom is 0.339 e. The van der Waals surface area contributed by atoms with Gasteiger partial charge in [-0.3, -0.25) is 4.90 Å². The maximum atomic E-state index is 11.2.